The molecule has 16 nitrogen and oxygen atoms in total. The molecule has 0 saturated carbocycles. The van der Waals surface area contributed by atoms with Gasteiger partial charge >= 0.3 is 0 Å². The van der Waals surface area contributed by atoms with Crippen LogP contribution in [0.3, 0.4) is 0 Å². The van der Waals surface area contributed by atoms with Crippen LogP contribution in [-0.2, 0) is 19.7 Å². The topological polar surface area (TPSA) is 148 Å². The largest absolute Gasteiger partial charge is 0.369 e. The van der Waals surface area contributed by atoms with Crippen LogP contribution < -0.4 is 19.8 Å². The highest BCUT2D eigenvalue weighted by molar-refractivity contribution is 7.92. The fourth-order valence-corrected chi connectivity index (χ4v) is 11.1. The highest BCUT2D eigenvalue weighted by atomic mass is 32.2. The zero-order valence-electron chi connectivity index (χ0n) is 40.3. The minimum Gasteiger partial charge on any atom is -0.369 e. The fraction of sp³-hybridized carbons (Fsp3) is 0.308. The van der Waals surface area contributed by atoms with Crippen LogP contribution in [0.4, 0.5) is 34.6 Å². The number of sulfone groups is 2. The molecule has 18 heteroatoms. The molecule has 2 fully saturated rings. The van der Waals surface area contributed by atoms with Crippen molar-refractivity contribution in [1.29, 1.82) is 0 Å². The van der Waals surface area contributed by atoms with Crippen molar-refractivity contribution >= 4 is 65.6 Å². The number of pyridine rings is 2. The van der Waals surface area contributed by atoms with Crippen LogP contribution in [0.2, 0.25) is 0 Å². The second-order valence-electron chi connectivity index (χ2n) is 18.7. The van der Waals surface area contributed by atoms with E-state index in [2.05, 4.69) is 70.1 Å². The van der Waals surface area contributed by atoms with Gasteiger partial charge in [-0.2, -0.15) is 9.97 Å². The number of fused-ring (bicyclic) bond motifs is 2. The van der Waals surface area contributed by atoms with Crippen LogP contribution in [0.25, 0.3) is 33.5 Å². The Labute approximate surface area is 409 Å². The summed E-state index contributed by atoms with van der Waals surface area (Å²) in [6, 6.07) is 38.5. The van der Waals surface area contributed by atoms with Crippen molar-refractivity contribution in [2.24, 2.45) is 0 Å². The van der Waals surface area contributed by atoms with Crippen molar-refractivity contribution in [3.63, 3.8) is 0 Å². The Bertz CT molecular complexity index is 3170. The van der Waals surface area contributed by atoms with Gasteiger partial charge in [-0.1, -0.05) is 36.4 Å². The van der Waals surface area contributed by atoms with Crippen molar-refractivity contribution in [3.8, 4) is 22.3 Å². The summed E-state index contributed by atoms with van der Waals surface area (Å²) in [5.41, 5.74) is 7.89. The number of likely N-dealkylation sites (N-methyl/N-ethyl adjacent to an activating group) is 2. The van der Waals surface area contributed by atoms with Crippen molar-refractivity contribution in [2.45, 2.75) is 48.0 Å². The molecule has 4 aromatic carbocycles. The number of hydrogen-bond acceptors (Lipinski definition) is 14. The Morgan fingerprint density at radius 2 is 0.843 bits per heavy atom. The smallest absolute Gasteiger partial charge is 0.269 e. The summed E-state index contributed by atoms with van der Waals surface area (Å²) in [5.74, 6) is 0.682. The van der Waals surface area contributed by atoms with E-state index >= 15 is 0 Å². The number of piperazine rings is 2. The molecule has 6 heterocycles. The summed E-state index contributed by atoms with van der Waals surface area (Å²) in [7, 11) is -2.66. The van der Waals surface area contributed by atoms with E-state index in [0.29, 0.717) is 23.2 Å². The zero-order chi connectivity index (χ0) is 48.9. The van der Waals surface area contributed by atoms with Crippen LogP contribution in [0.15, 0.2) is 144 Å². The van der Waals surface area contributed by atoms with Crippen molar-refractivity contribution in [1.82, 2.24) is 39.0 Å². The molecule has 0 N–H and O–H groups in total. The summed E-state index contributed by atoms with van der Waals surface area (Å²) in [4.78, 5) is 20.7. The molecule has 362 valence electrons. The van der Waals surface area contributed by atoms with E-state index < -0.39 is 30.2 Å². The summed E-state index contributed by atoms with van der Waals surface area (Å²) < 4.78 is 55.9. The molecule has 2 aliphatic rings. The average Bonchev–Trinajstić information content (AvgIpc) is 4.01. The van der Waals surface area contributed by atoms with Gasteiger partial charge in [0, 0.05) is 87.3 Å². The first-order valence-electron chi connectivity index (χ1n) is 23.7. The lowest BCUT2D eigenvalue weighted by Gasteiger charge is -2.37. The molecule has 0 bridgehead atoms. The first kappa shape index (κ1) is 46.8. The van der Waals surface area contributed by atoms with Gasteiger partial charge in [0.15, 0.2) is 31.0 Å². The standard InChI is InChI=1S/C52H58N12O4S2/c1-37(2)69(65,66)45-21-17-39(18-22-45)47-15-9-25-61-49(47)53-51(55-61)63(43-13-7-11-41(35-43)59-31-27-57(5)28-32-59)64(44-14-8-12-42(36-44)60-33-29-58(6)30-34-60)52-54-50-48(16-10-26-62(50)56-52)40-19-23-46(24-20-40)70(67,68)38(3)4/h7-26,35-38H,27-34H2,1-6H3. The van der Waals surface area contributed by atoms with E-state index in [4.69, 9.17) is 20.2 Å². The number of aromatic nitrogens is 6. The molecule has 70 heavy (non-hydrogen) atoms. The van der Waals surface area contributed by atoms with E-state index in [-0.39, 0.29) is 9.79 Å². The van der Waals surface area contributed by atoms with Crippen molar-refractivity contribution < 1.29 is 16.8 Å². The first-order chi connectivity index (χ1) is 33.6. The van der Waals surface area contributed by atoms with E-state index in [9.17, 15) is 16.8 Å². The Hall–Kier alpha value is -6.86. The molecule has 10 rings (SSSR count). The Morgan fingerprint density at radius 3 is 1.20 bits per heavy atom. The van der Waals surface area contributed by atoms with E-state index in [0.717, 1.165) is 97.4 Å². The SMILES string of the molecule is CC(C)S(=O)(=O)c1ccc(-c2cccn3nc(N(c4cccc(N5CCN(C)CC5)c4)N(c4cccc(N5CCN(C)CC5)c4)c4nc5c(-c6ccc(S(=O)(=O)C(C)C)cc6)cccn5n4)nc23)cc1. The molecular weight excluding hydrogens is 921 g/mol. The van der Waals surface area contributed by atoms with E-state index in [1.54, 1.807) is 61.0 Å². The molecule has 0 unspecified atom stereocenters. The van der Waals surface area contributed by atoms with E-state index in [1.165, 1.54) is 0 Å². The number of nitrogens with zero attached hydrogens (tertiary/aromatic N) is 12. The minimum atomic E-state index is -3.48. The normalized spacial score (nSPS) is 15.4. The molecule has 8 aromatic rings. The van der Waals surface area contributed by atoms with Gasteiger partial charge in [-0.3, -0.25) is 0 Å². The van der Waals surface area contributed by atoms with E-state index in [1.807, 2.05) is 83.1 Å². The number of benzene rings is 4. The van der Waals surface area contributed by atoms with Gasteiger partial charge in [-0.25, -0.2) is 35.9 Å². The third-order valence-corrected chi connectivity index (χ3v) is 17.7. The molecular formula is C52H58N12O4S2. The Balaban J connectivity index is 1.17. The third kappa shape index (κ3) is 8.96. The first-order valence-corrected chi connectivity index (χ1v) is 26.8. The van der Waals surface area contributed by atoms with Crippen LogP contribution in [0.5, 0.6) is 0 Å². The summed E-state index contributed by atoms with van der Waals surface area (Å²) in [5, 5.41) is 13.2. The summed E-state index contributed by atoms with van der Waals surface area (Å²) in [6.07, 6.45) is 3.72. The highest BCUT2D eigenvalue weighted by Gasteiger charge is 2.31. The third-order valence-electron chi connectivity index (χ3n) is 13.4. The molecule has 0 spiro atoms. The maximum Gasteiger partial charge on any atom is 0.269 e. The molecule has 4 aromatic heterocycles. The summed E-state index contributed by atoms with van der Waals surface area (Å²) >= 11 is 0. The second kappa shape index (κ2) is 18.8. The molecule has 0 atom stereocenters. The molecule has 0 amide bonds. The van der Waals surface area contributed by atoms with Gasteiger partial charge in [-0.15, -0.1) is 10.2 Å². The van der Waals surface area contributed by atoms with Gasteiger partial charge < -0.3 is 19.6 Å². The lowest BCUT2D eigenvalue weighted by Crippen LogP contribution is -2.44. The number of hydrogen-bond donors (Lipinski definition) is 0. The average molecular weight is 979 g/mol. The maximum atomic E-state index is 13.1. The number of rotatable bonds is 13. The lowest BCUT2D eigenvalue weighted by molar-refractivity contribution is 0.313. The van der Waals surface area contributed by atoms with Crippen LogP contribution in [-0.4, -0.2) is 133 Å². The minimum absolute atomic E-state index is 0.264. The van der Waals surface area contributed by atoms with Crippen LogP contribution >= 0.6 is 0 Å². The molecule has 2 saturated heterocycles. The number of hydrazine groups is 1. The van der Waals surface area contributed by atoms with Gasteiger partial charge in [0.1, 0.15) is 0 Å². The molecule has 2 aliphatic heterocycles. The monoisotopic (exact) mass is 978 g/mol. The van der Waals surface area contributed by atoms with Gasteiger partial charge in [0.25, 0.3) is 11.9 Å². The summed E-state index contributed by atoms with van der Waals surface area (Å²) in [6.45, 7) is 13.9. The number of anilines is 6. The van der Waals surface area contributed by atoms with Crippen molar-refractivity contribution in [3.05, 3.63) is 134 Å². The van der Waals surface area contributed by atoms with Crippen LogP contribution in [0.1, 0.15) is 27.7 Å². The van der Waals surface area contributed by atoms with Gasteiger partial charge in [-0.05, 0) is 138 Å². The van der Waals surface area contributed by atoms with Gasteiger partial charge in [0.2, 0.25) is 0 Å². The second-order valence-corrected chi connectivity index (χ2v) is 23.7. The Morgan fingerprint density at radius 1 is 0.471 bits per heavy atom. The quantitative estimate of drug-likeness (QED) is 0.103. The molecule has 0 aliphatic carbocycles. The zero-order valence-corrected chi connectivity index (χ0v) is 42.0. The maximum absolute atomic E-state index is 13.1. The predicted molar refractivity (Wildman–Crippen MR) is 278 cm³/mol. The van der Waals surface area contributed by atoms with Crippen LogP contribution in [0, 0.1) is 0 Å². The highest BCUT2D eigenvalue weighted by Crippen LogP contribution is 2.39. The lowest BCUT2D eigenvalue weighted by atomic mass is 10.1. The predicted octanol–water partition coefficient (Wildman–Crippen LogP) is 7.87. The Kier molecular flexibility index (Phi) is 12.6. The van der Waals surface area contributed by atoms with Crippen molar-refractivity contribution in [2.75, 3.05) is 86.3 Å². The van der Waals surface area contributed by atoms with Gasteiger partial charge in [0.05, 0.1) is 31.7 Å². The molecule has 0 radical (unpaired) electrons. The fourth-order valence-electron chi connectivity index (χ4n) is 9.03.